The van der Waals surface area contributed by atoms with Crippen molar-refractivity contribution in [3.05, 3.63) is 89.0 Å². The van der Waals surface area contributed by atoms with Crippen molar-refractivity contribution >= 4 is 28.9 Å². The van der Waals surface area contributed by atoms with Crippen molar-refractivity contribution in [1.82, 2.24) is 0 Å². The molecule has 0 fully saturated rings. The highest BCUT2D eigenvalue weighted by Gasteiger charge is 2.08. The van der Waals surface area contributed by atoms with Crippen molar-refractivity contribution in [2.45, 2.75) is 6.54 Å². The summed E-state index contributed by atoms with van der Waals surface area (Å²) in [6, 6.07) is 16.7. The second kappa shape index (κ2) is 9.19. The molecule has 3 rings (SSSR count). The van der Waals surface area contributed by atoms with Crippen LogP contribution in [0.15, 0.2) is 66.7 Å². The third-order valence-corrected chi connectivity index (χ3v) is 4.12. The first kappa shape index (κ1) is 19.6. The Morgan fingerprint density at radius 1 is 0.893 bits per heavy atom. The van der Waals surface area contributed by atoms with Crippen LogP contribution in [0.3, 0.4) is 0 Å². The average Bonchev–Trinajstić information content (AvgIpc) is 2.68. The van der Waals surface area contributed by atoms with E-state index < -0.39 is 0 Å². The third-order valence-electron chi connectivity index (χ3n) is 3.82. The molecule has 0 aromatic heterocycles. The van der Waals surface area contributed by atoms with Crippen LogP contribution in [0.5, 0.6) is 5.75 Å². The fraction of sp³-hybridized carbons (Fsp3) is 0.0952. The number of nitrogens with one attached hydrogen (secondary N) is 2. The Hall–Kier alpha value is -3.12. The molecular weight excluding hydrogens is 386 g/mol. The molecule has 1 amide bonds. The van der Waals surface area contributed by atoms with Gasteiger partial charge in [-0.1, -0.05) is 17.7 Å². The van der Waals surface area contributed by atoms with Crippen molar-refractivity contribution in [3.63, 3.8) is 0 Å². The molecule has 0 saturated carbocycles. The fourth-order valence-electron chi connectivity index (χ4n) is 2.42. The molecule has 144 valence electrons. The summed E-state index contributed by atoms with van der Waals surface area (Å²) in [6.45, 7) is 0.265. The minimum Gasteiger partial charge on any atom is -0.482 e. The number of hydrogen-bond acceptors (Lipinski definition) is 3. The number of hydrogen-bond donors (Lipinski definition) is 2. The Morgan fingerprint density at radius 3 is 2.11 bits per heavy atom. The van der Waals surface area contributed by atoms with Crippen LogP contribution in [0.1, 0.15) is 5.56 Å². The number of anilines is 2. The molecule has 0 aliphatic heterocycles. The van der Waals surface area contributed by atoms with E-state index in [0.29, 0.717) is 23.0 Å². The van der Waals surface area contributed by atoms with E-state index in [0.717, 1.165) is 11.3 Å². The molecule has 0 aliphatic carbocycles. The lowest BCUT2D eigenvalue weighted by Crippen LogP contribution is -2.20. The maximum absolute atomic E-state index is 12.9. The highest BCUT2D eigenvalue weighted by atomic mass is 35.5. The van der Waals surface area contributed by atoms with E-state index in [1.807, 2.05) is 6.07 Å². The van der Waals surface area contributed by atoms with E-state index in [2.05, 4.69) is 10.6 Å². The number of rotatable bonds is 7. The van der Waals surface area contributed by atoms with Crippen molar-refractivity contribution in [1.29, 1.82) is 0 Å². The molecule has 0 heterocycles. The summed E-state index contributed by atoms with van der Waals surface area (Å²) < 4.78 is 31.2. The Balaban J connectivity index is 1.51. The normalized spacial score (nSPS) is 10.4. The molecule has 3 aromatic carbocycles. The molecule has 4 nitrogen and oxygen atoms in total. The van der Waals surface area contributed by atoms with Gasteiger partial charge in [0.2, 0.25) is 0 Å². The molecule has 28 heavy (non-hydrogen) atoms. The van der Waals surface area contributed by atoms with Gasteiger partial charge in [-0.3, -0.25) is 4.79 Å². The van der Waals surface area contributed by atoms with E-state index in [1.165, 1.54) is 36.4 Å². The molecule has 0 saturated heterocycles. The van der Waals surface area contributed by atoms with Gasteiger partial charge in [0.05, 0.1) is 5.02 Å². The van der Waals surface area contributed by atoms with Crippen molar-refractivity contribution in [2.75, 3.05) is 17.2 Å². The molecule has 0 radical (unpaired) electrons. The maximum atomic E-state index is 12.9. The average molecular weight is 403 g/mol. The number of carbonyl (C=O) groups excluding carboxylic acids is 1. The first-order valence-electron chi connectivity index (χ1n) is 8.46. The maximum Gasteiger partial charge on any atom is 0.262 e. The van der Waals surface area contributed by atoms with E-state index in [-0.39, 0.29) is 24.1 Å². The standard InChI is InChI=1S/C21H17ClF2N2O2/c22-19-11-14(12-25-17-6-2-15(23)3-7-17)1-10-20(19)28-13-21(27)26-18-8-4-16(24)5-9-18/h1-11,25H,12-13H2,(H,26,27). The summed E-state index contributed by atoms with van der Waals surface area (Å²) in [4.78, 5) is 11.9. The zero-order valence-electron chi connectivity index (χ0n) is 14.7. The minimum absolute atomic E-state index is 0.232. The van der Waals surface area contributed by atoms with E-state index in [4.69, 9.17) is 16.3 Å². The first-order chi connectivity index (χ1) is 13.5. The van der Waals surface area contributed by atoms with Gasteiger partial charge in [0.1, 0.15) is 17.4 Å². The summed E-state index contributed by atoms with van der Waals surface area (Å²) in [6.07, 6.45) is 0. The molecule has 7 heteroatoms. The monoisotopic (exact) mass is 402 g/mol. The number of halogens is 3. The van der Waals surface area contributed by atoms with Crippen molar-refractivity contribution < 1.29 is 18.3 Å². The number of ether oxygens (including phenoxy) is 1. The van der Waals surface area contributed by atoms with Crippen LogP contribution < -0.4 is 15.4 Å². The Morgan fingerprint density at radius 2 is 1.50 bits per heavy atom. The summed E-state index contributed by atoms with van der Waals surface area (Å²) >= 11 is 6.22. The third kappa shape index (κ3) is 5.69. The number of carbonyl (C=O) groups is 1. The van der Waals surface area contributed by atoms with Crippen LogP contribution in [-0.4, -0.2) is 12.5 Å². The summed E-state index contributed by atoms with van der Waals surface area (Å²) in [5, 5.41) is 6.13. The topological polar surface area (TPSA) is 50.4 Å². The smallest absolute Gasteiger partial charge is 0.262 e. The molecule has 0 aliphatic rings. The van der Waals surface area contributed by atoms with E-state index in [9.17, 15) is 13.6 Å². The van der Waals surface area contributed by atoms with E-state index >= 15 is 0 Å². The number of benzene rings is 3. The minimum atomic E-state index is -0.385. The van der Waals surface area contributed by atoms with Crippen LogP contribution in [0.25, 0.3) is 0 Å². The van der Waals surface area contributed by atoms with Crippen molar-refractivity contribution in [3.8, 4) is 5.75 Å². The summed E-state index contributed by atoms with van der Waals surface area (Å²) in [5.41, 5.74) is 2.16. The fourth-order valence-corrected chi connectivity index (χ4v) is 2.67. The lowest BCUT2D eigenvalue weighted by atomic mass is 10.2. The lowest BCUT2D eigenvalue weighted by Gasteiger charge is -2.11. The van der Waals surface area contributed by atoms with Crippen molar-refractivity contribution in [2.24, 2.45) is 0 Å². The van der Waals surface area contributed by atoms with Crippen LogP contribution >= 0.6 is 11.6 Å². The van der Waals surface area contributed by atoms with Gasteiger partial charge >= 0.3 is 0 Å². The predicted molar refractivity (Wildman–Crippen MR) is 106 cm³/mol. The highest BCUT2D eigenvalue weighted by Crippen LogP contribution is 2.26. The quantitative estimate of drug-likeness (QED) is 0.567. The zero-order valence-corrected chi connectivity index (χ0v) is 15.5. The molecule has 2 N–H and O–H groups in total. The molecular formula is C21H17ClF2N2O2. The largest absolute Gasteiger partial charge is 0.482 e. The van der Waals surface area contributed by atoms with Crippen LogP contribution in [0.2, 0.25) is 5.02 Å². The second-order valence-corrected chi connectivity index (χ2v) is 6.38. The van der Waals surface area contributed by atoms with Crippen LogP contribution in [0.4, 0.5) is 20.2 Å². The predicted octanol–water partition coefficient (Wildman–Crippen LogP) is 5.25. The van der Waals surface area contributed by atoms with E-state index in [1.54, 1.807) is 24.3 Å². The van der Waals surface area contributed by atoms with Gasteiger partial charge in [0.25, 0.3) is 5.91 Å². The molecule has 0 atom stereocenters. The highest BCUT2D eigenvalue weighted by molar-refractivity contribution is 6.32. The second-order valence-electron chi connectivity index (χ2n) is 5.97. The number of amides is 1. The summed E-state index contributed by atoms with van der Waals surface area (Å²) in [5.74, 6) is -0.681. The van der Waals surface area contributed by atoms with Crippen LogP contribution in [-0.2, 0) is 11.3 Å². The Bertz CT molecular complexity index is 948. The SMILES string of the molecule is O=C(COc1ccc(CNc2ccc(F)cc2)cc1Cl)Nc1ccc(F)cc1. The molecule has 0 unspecified atom stereocenters. The van der Waals surface area contributed by atoms with Crippen LogP contribution in [0, 0.1) is 11.6 Å². The van der Waals surface area contributed by atoms with Gasteiger partial charge in [-0.15, -0.1) is 0 Å². The summed E-state index contributed by atoms with van der Waals surface area (Å²) in [7, 11) is 0. The van der Waals surface area contributed by atoms with Gasteiger partial charge in [0.15, 0.2) is 6.61 Å². The Labute approximate surface area is 166 Å². The van der Waals surface area contributed by atoms with Gasteiger partial charge in [-0.05, 0) is 66.2 Å². The van der Waals surface area contributed by atoms with Gasteiger partial charge < -0.3 is 15.4 Å². The molecule has 0 bridgehead atoms. The zero-order chi connectivity index (χ0) is 19.9. The lowest BCUT2D eigenvalue weighted by molar-refractivity contribution is -0.118. The molecule has 0 spiro atoms. The molecule has 3 aromatic rings. The van der Waals surface area contributed by atoms with Gasteiger partial charge in [-0.25, -0.2) is 8.78 Å². The van der Waals surface area contributed by atoms with Gasteiger partial charge in [-0.2, -0.15) is 0 Å². The Kier molecular flexibility index (Phi) is 6.45. The first-order valence-corrected chi connectivity index (χ1v) is 8.83. The van der Waals surface area contributed by atoms with Gasteiger partial charge in [0, 0.05) is 17.9 Å².